The number of hydrogen-bond acceptors (Lipinski definition) is 7. The van der Waals surface area contributed by atoms with E-state index in [9.17, 15) is 4.79 Å². The molecule has 0 radical (unpaired) electrons. The number of methoxy groups -OCH3 is 2. The van der Waals surface area contributed by atoms with Gasteiger partial charge < -0.3 is 18.6 Å². The number of halogens is 3. The largest absolute Gasteiger partial charge is 0.496 e. The molecule has 11 heteroatoms. The molecule has 0 aliphatic heterocycles. The highest BCUT2D eigenvalue weighted by Gasteiger charge is 2.18. The van der Waals surface area contributed by atoms with Crippen molar-refractivity contribution >= 4 is 73.9 Å². The first-order chi connectivity index (χ1) is 20.9. The van der Waals surface area contributed by atoms with Crippen molar-refractivity contribution in [2.45, 2.75) is 6.61 Å². The van der Waals surface area contributed by atoms with Gasteiger partial charge in [-0.05, 0) is 88.3 Å². The highest BCUT2D eigenvalue weighted by Crippen LogP contribution is 2.35. The lowest BCUT2D eigenvalue weighted by Crippen LogP contribution is -2.20. The van der Waals surface area contributed by atoms with Gasteiger partial charge in [-0.3, -0.25) is 4.79 Å². The van der Waals surface area contributed by atoms with Gasteiger partial charge in [-0.15, -0.1) is 0 Å². The smallest absolute Gasteiger partial charge is 0.282 e. The summed E-state index contributed by atoms with van der Waals surface area (Å²) in [7, 11) is 3.15. The molecule has 2 aromatic heterocycles. The van der Waals surface area contributed by atoms with Crippen LogP contribution < -0.4 is 19.8 Å². The Bertz CT molecular complexity index is 2090. The Labute approximate surface area is 269 Å². The molecule has 4 aromatic carbocycles. The molecule has 2 heterocycles. The fraction of sp³-hybridized carbons (Fsp3) is 0.0938. The lowest BCUT2D eigenvalue weighted by Gasteiger charge is -2.14. The molecule has 0 aliphatic carbocycles. The van der Waals surface area contributed by atoms with Crippen LogP contribution in [0.2, 0.25) is 10.0 Å². The zero-order chi connectivity index (χ0) is 30.1. The van der Waals surface area contributed by atoms with Crippen LogP contribution in [0.3, 0.4) is 0 Å². The summed E-state index contributed by atoms with van der Waals surface area (Å²) in [6.45, 7) is 0.264. The van der Waals surface area contributed by atoms with E-state index in [1.165, 1.54) is 4.68 Å². The van der Waals surface area contributed by atoms with Crippen molar-refractivity contribution in [3.8, 4) is 28.8 Å². The van der Waals surface area contributed by atoms with Gasteiger partial charge in [0.25, 0.3) is 5.56 Å². The number of hydrogen-bond donors (Lipinski definition) is 0. The summed E-state index contributed by atoms with van der Waals surface area (Å²) in [4.78, 5) is 18.4. The predicted molar refractivity (Wildman–Crippen MR) is 177 cm³/mol. The maximum absolute atomic E-state index is 13.7. The van der Waals surface area contributed by atoms with E-state index in [-0.39, 0.29) is 18.0 Å². The molecule has 0 fully saturated rings. The van der Waals surface area contributed by atoms with Crippen LogP contribution in [0.5, 0.6) is 17.2 Å². The van der Waals surface area contributed by atoms with Gasteiger partial charge in [0.05, 0.1) is 50.3 Å². The van der Waals surface area contributed by atoms with E-state index in [0.29, 0.717) is 55.1 Å². The van der Waals surface area contributed by atoms with Gasteiger partial charge in [0.15, 0.2) is 17.3 Å². The van der Waals surface area contributed by atoms with Crippen molar-refractivity contribution in [3.63, 3.8) is 0 Å². The van der Waals surface area contributed by atoms with Crippen LogP contribution in [-0.4, -0.2) is 30.1 Å². The van der Waals surface area contributed by atoms with Crippen LogP contribution >= 0.6 is 45.8 Å². The average molecular weight is 726 g/mol. The molecule has 6 rings (SSSR count). The quantitative estimate of drug-likeness (QED) is 0.116. The number of aromatic nitrogens is 2. The lowest BCUT2D eigenvalue weighted by atomic mass is 10.2. The van der Waals surface area contributed by atoms with Crippen LogP contribution in [-0.2, 0) is 6.61 Å². The summed E-state index contributed by atoms with van der Waals surface area (Å²) in [5.41, 5.74) is 2.33. The number of ether oxygens (including phenoxy) is 3. The van der Waals surface area contributed by atoms with Gasteiger partial charge in [0.2, 0.25) is 5.82 Å². The molecule has 43 heavy (non-hydrogen) atoms. The molecule has 0 bridgehead atoms. The van der Waals surface area contributed by atoms with E-state index in [2.05, 4.69) is 27.7 Å². The summed E-state index contributed by atoms with van der Waals surface area (Å²) in [6.07, 6.45) is 1.57. The highest BCUT2D eigenvalue weighted by atomic mass is 127. The lowest BCUT2D eigenvalue weighted by molar-refractivity contribution is 0.282. The third-order valence-electron chi connectivity index (χ3n) is 6.66. The molecule has 8 nitrogen and oxygen atoms in total. The number of fused-ring (bicyclic) bond motifs is 2. The summed E-state index contributed by atoms with van der Waals surface area (Å²) in [6, 6.07) is 23.4. The van der Waals surface area contributed by atoms with E-state index in [1.807, 2.05) is 36.4 Å². The molecule has 0 saturated heterocycles. The molecule has 0 unspecified atom stereocenters. The minimum atomic E-state index is -0.340. The number of benzene rings is 4. The van der Waals surface area contributed by atoms with E-state index >= 15 is 0 Å². The van der Waals surface area contributed by atoms with Crippen LogP contribution in [0, 0.1) is 3.57 Å². The van der Waals surface area contributed by atoms with Crippen molar-refractivity contribution in [2.75, 3.05) is 14.2 Å². The first-order valence-electron chi connectivity index (χ1n) is 12.9. The minimum Gasteiger partial charge on any atom is -0.496 e. The molecule has 0 aliphatic rings. The SMILES string of the molecule is COc1cc(C=Nn2c(-c3cc4c(OC)cccc4o3)nc3ccccc3c2=O)cc(I)c1OCc1ccc(Cl)c(Cl)c1. The third-order valence-corrected chi connectivity index (χ3v) is 8.20. The van der Waals surface area contributed by atoms with Gasteiger partial charge in [0, 0.05) is 0 Å². The van der Waals surface area contributed by atoms with Gasteiger partial charge >= 0.3 is 0 Å². The summed E-state index contributed by atoms with van der Waals surface area (Å²) < 4.78 is 25.3. The predicted octanol–water partition coefficient (Wildman–Crippen LogP) is 8.20. The number of rotatable bonds is 8. The van der Waals surface area contributed by atoms with E-state index in [1.54, 1.807) is 62.9 Å². The van der Waals surface area contributed by atoms with Crippen molar-refractivity contribution in [2.24, 2.45) is 5.10 Å². The van der Waals surface area contributed by atoms with Crippen molar-refractivity contribution in [1.82, 2.24) is 9.66 Å². The molecule has 216 valence electrons. The van der Waals surface area contributed by atoms with E-state index < -0.39 is 0 Å². The maximum atomic E-state index is 13.7. The number of para-hydroxylation sites is 1. The third kappa shape index (κ3) is 5.80. The number of furan rings is 1. The first kappa shape index (κ1) is 29.0. The fourth-order valence-electron chi connectivity index (χ4n) is 4.58. The molecule has 0 spiro atoms. The summed E-state index contributed by atoms with van der Waals surface area (Å²) >= 11 is 14.4. The van der Waals surface area contributed by atoms with Crippen molar-refractivity contribution < 1.29 is 18.6 Å². The molecule has 0 amide bonds. The Kier molecular flexibility index (Phi) is 8.29. The molecule has 0 atom stereocenters. The molecule has 0 saturated carbocycles. The van der Waals surface area contributed by atoms with Crippen LogP contribution in [0.4, 0.5) is 0 Å². The Morgan fingerprint density at radius 1 is 0.930 bits per heavy atom. The fourth-order valence-corrected chi connectivity index (χ4v) is 5.68. The second kappa shape index (κ2) is 12.3. The molecular weight excluding hydrogens is 704 g/mol. The standard InChI is InChI=1S/C32H22Cl2IN3O5/c1-40-26-8-5-9-27-21(26)15-29(43-27)31-37-25-7-4-3-6-20(25)32(39)38(31)36-16-19-13-24(35)30(28(14-19)41-2)42-17-18-10-11-22(33)23(34)12-18/h3-16H,17H2,1-2H3. The van der Waals surface area contributed by atoms with Crippen LogP contribution in [0.25, 0.3) is 33.5 Å². The number of nitrogens with zero attached hydrogens (tertiary/aromatic N) is 3. The maximum Gasteiger partial charge on any atom is 0.282 e. The monoisotopic (exact) mass is 725 g/mol. The van der Waals surface area contributed by atoms with Crippen molar-refractivity contribution in [1.29, 1.82) is 0 Å². The Hall–Kier alpha value is -4.06. The Balaban J connectivity index is 1.39. The Morgan fingerprint density at radius 2 is 1.74 bits per heavy atom. The van der Waals surface area contributed by atoms with Crippen molar-refractivity contribution in [3.05, 3.63) is 114 Å². The molecule has 6 aromatic rings. The zero-order valence-electron chi connectivity index (χ0n) is 22.8. The molecular formula is C32H22Cl2IN3O5. The minimum absolute atomic E-state index is 0.251. The Morgan fingerprint density at radius 3 is 2.53 bits per heavy atom. The highest BCUT2D eigenvalue weighted by molar-refractivity contribution is 14.1. The second-order valence-corrected chi connectivity index (χ2v) is 11.3. The van der Waals surface area contributed by atoms with E-state index in [0.717, 1.165) is 14.5 Å². The summed E-state index contributed by atoms with van der Waals surface area (Å²) in [5, 5.41) is 6.69. The van der Waals surface area contributed by atoms with Crippen LogP contribution in [0.1, 0.15) is 11.1 Å². The van der Waals surface area contributed by atoms with Gasteiger partial charge in [-0.25, -0.2) is 4.98 Å². The summed E-state index contributed by atoms with van der Waals surface area (Å²) in [5.74, 6) is 2.34. The zero-order valence-corrected chi connectivity index (χ0v) is 26.5. The molecule has 0 N–H and O–H groups in total. The van der Waals surface area contributed by atoms with Gasteiger partial charge in [0.1, 0.15) is 17.9 Å². The van der Waals surface area contributed by atoms with Crippen LogP contribution in [0.15, 0.2) is 93.2 Å². The van der Waals surface area contributed by atoms with Gasteiger partial charge in [-0.1, -0.05) is 47.5 Å². The average Bonchev–Trinajstić information content (AvgIpc) is 3.46. The van der Waals surface area contributed by atoms with Gasteiger partial charge in [-0.2, -0.15) is 9.78 Å². The normalized spacial score (nSPS) is 11.5. The second-order valence-electron chi connectivity index (χ2n) is 9.37. The first-order valence-corrected chi connectivity index (χ1v) is 14.8. The topological polar surface area (TPSA) is 88.1 Å². The van der Waals surface area contributed by atoms with E-state index in [4.69, 9.17) is 46.8 Å².